The van der Waals surface area contributed by atoms with Gasteiger partial charge in [-0.1, -0.05) is 40.2 Å². The van der Waals surface area contributed by atoms with Gasteiger partial charge < -0.3 is 10.2 Å². The van der Waals surface area contributed by atoms with Crippen LogP contribution in [0.4, 0.5) is 5.69 Å². The van der Waals surface area contributed by atoms with Gasteiger partial charge in [0.25, 0.3) is 5.91 Å². The van der Waals surface area contributed by atoms with Gasteiger partial charge in [-0.2, -0.15) is 0 Å². The minimum atomic E-state index is -0.0676. The molecule has 0 fully saturated rings. The van der Waals surface area contributed by atoms with Gasteiger partial charge in [0.15, 0.2) is 0 Å². The molecule has 1 amide bonds. The SMILES string of the molecule is CC(NC(=O)c1cccc(N(C)C)c1)c1ccccc1Br. The van der Waals surface area contributed by atoms with E-state index in [2.05, 4.69) is 21.2 Å². The van der Waals surface area contributed by atoms with Gasteiger partial charge in [0.2, 0.25) is 0 Å². The summed E-state index contributed by atoms with van der Waals surface area (Å²) in [5.74, 6) is -0.0676. The third kappa shape index (κ3) is 3.85. The number of nitrogens with one attached hydrogen (secondary N) is 1. The fraction of sp³-hybridized carbons (Fsp3) is 0.235. The van der Waals surface area contributed by atoms with Crippen molar-refractivity contribution in [3.05, 3.63) is 64.1 Å². The van der Waals surface area contributed by atoms with Crippen molar-refractivity contribution in [3.63, 3.8) is 0 Å². The zero-order valence-corrected chi connectivity index (χ0v) is 14.0. The van der Waals surface area contributed by atoms with Crippen LogP contribution >= 0.6 is 15.9 Å². The highest BCUT2D eigenvalue weighted by atomic mass is 79.9. The first-order valence-electron chi connectivity index (χ1n) is 6.81. The molecule has 0 spiro atoms. The molecular formula is C17H19BrN2O. The second kappa shape index (κ2) is 6.76. The van der Waals surface area contributed by atoms with E-state index in [0.717, 1.165) is 15.7 Å². The minimum absolute atomic E-state index is 0.0592. The highest BCUT2D eigenvalue weighted by Crippen LogP contribution is 2.23. The standard InChI is InChI=1S/C17H19BrN2O/c1-12(15-9-4-5-10-16(15)18)19-17(21)13-7-6-8-14(11-13)20(2)3/h4-12H,1-3H3,(H,19,21). The topological polar surface area (TPSA) is 32.3 Å². The lowest BCUT2D eigenvalue weighted by Crippen LogP contribution is -2.27. The van der Waals surface area contributed by atoms with E-state index in [1.165, 1.54) is 0 Å². The normalized spacial score (nSPS) is 11.8. The molecule has 3 nitrogen and oxygen atoms in total. The Labute approximate surface area is 134 Å². The number of carbonyl (C=O) groups is 1. The van der Waals surface area contributed by atoms with Gasteiger partial charge in [-0.3, -0.25) is 4.79 Å². The summed E-state index contributed by atoms with van der Waals surface area (Å²) in [6, 6.07) is 15.4. The van der Waals surface area contributed by atoms with Gasteiger partial charge in [-0.15, -0.1) is 0 Å². The quantitative estimate of drug-likeness (QED) is 0.907. The predicted octanol–water partition coefficient (Wildman–Crippen LogP) is 4.01. The van der Waals surface area contributed by atoms with Crippen molar-refractivity contribution in [3.8, 4) is 0 Å². The van der Waals surface area contributed by atoms with Crippen molar-refractivity contribution < 1.29 is 4.79 Å². The van der Waals surface area contributed by atoms with E-state index in [0.29, 0.717) is 5.56 Å². The van der Waals surface area contributed by atoms with Crippen molar-refractivity contribution in [2.45, 2.75) is 13.0 Å². The van der Waals surface area contributed by atoms with Crippen LogP contribution in [0.3, 0.4) is 0 Å². The molecule has 110 valence electrons. The molecular weight excluding hydrogens is 328 g/mol. The molecule has 0 saturated heterocycles. The Bertz CT molecular complexity index is 640. The summed E-state index contributed by atoms with van der Waals surface area (Å²) >= 11 is 3.52. The maximum absolute atomic E-state index is 12.4. The lowest BCUT2D eigenvalue weighted by atomic mass is 10.1. The third-order valence-corrected chi connectivity index (χ3v) is 4.07. The molecule has 0 saturated carbocycles. The van der Waals surface area contributed by atoms with Crippen LogP contribution in [0.2, 0.25) is 0 Å². The summed E-state index contributed by atoms with van der Waals surface area (Å²) < 4.78 is 1.000. The van der Waals surface area contributed by atoms with Crippen LogP contribution in [-0.4, -0.2) is 20.0 Å². The molecule has 0 aliphatic heterocycles. The molecule has 0 aromatic heterocycles. The summed E-state index contributed by atoms with van der Waals surface area (Å²) in [4.78, 5) is 14.3. The molecule has 1 N–H and O–H groups in total. The molecule has 2 rings (SSSR count). The smallest absolute Gasteiger partial charge is 0.251 e. The van der Waals surface area contributed by atoms with Crippen LogP contribution in [0.1, 0.15) is 28.9 Å². The molecule has 1 atom stereocenters. The number of hydrogen-bond acceptors (Lipinski definition) is 2. The summed E-state index contributed by atoms with van der Waals surface area (Å²) in [5, 5.41) is 3.03. The van der Waals surface area contributed by atoms with E-state index in [1.807, 2.05) is 74.4 Å². The van der Waals surface area contributed by atoms with E-state index in [-0.39, 0.29) is 11.9 Å². The van der Waals surface area contributed by atoms with Gasteiger partial charge in [0.1, 0.15) is 0 Å². The van der Waals surface area contributed by atoms with Crippen LogP contribution in [0.5, 0.6) is 0 Å². The average Bonchev–Trinajstić information content (AvgIpc) is 2.47. The van der Waals surface area contributed by atoms with Crippen molar-refractivity contribution in [1.82, 2.24) is 5.32 Å². The number of anilines is 1. The van der Waals surface area contributed by atoms with Gasteiger partial charge in [0.05, 0.1) is 6.04 Å². The third-order valence-electron chi connectivity index (χ3n) is 3.34. The van der Waals surface area contributed by atoms with Crippen molar-refractivity contribution in [1.29, 1.82) is 0 Å². The second-order valence-corrected chi connectivity index (χ2v) is 6.02. The second-order valence-electron chi connectivity index (χ2n) is 5.16. The first-order valence-corrected chi connectivity index (χ1v) is 7.61. The zero-order valence-electron chi connectivity index (χ0n) is 12.4. The molecule has 21 heavy (non-hydrogen) atoms. The van der Waals surface area contributed by atoms with Crippen LogP contribution in [0.25, 0.3) is 0 Å². The van der Waals surface area contributed by atoms with Crippen LogP contribution in [0.15, 0.2) is 53.0 Å². The molecule has 1 unspecified atom stereocenters. The molecule has 2 aromatic rings. The first-order chi connectivity index (χ1) is 9.99. The van der Waals surface area contributed by atoms with E-state index >= 15 is 0 Å². The summed E-state index contributed by atoms with van der Waals surface area (Å²) in [6.45, 7) is 1.98. The Kier molecular flexibility index (Phi) is 5.02. The summed E-state index contributed by atoms with van der Waals surface area (Å²) in [6.07, 6.45) is 0. The lowest BCUT2D eigenvalue weighted by molar-refractivity contribution is 0.0940. The molecule has 0 heterocycles. The number of nitrogens with zero attached hydrogens (tertiary/aromatic N) is 1. The number of rotatable bonds is 4. The monoisotopic (exact) mass is 346 g/mol. The van der Waals surface area contributed by atoms with E-state index in [9.17, 15) is 4.79 Å². The Morgan fingerprint density at radius 3 is 2.52 bits per heavy atom. The first kappa shape index (κ1) is 15.6. The minimum Gasteiger partial charge on any atom is -0.378 e. The Balaban J connectivity index is 2.15. The van der Waals surface area contributed by atoms with Gasteiger partial charge >= 0.3 is 0 Å². The maximum atomic E-state index is 12.4. The van der Waals surface area contributed by atoms with E-state index in [1.54, 1.807) is 0 Å². The van der Waals surface area contributed by atoms with Gasteiger partial charge in [-0.25, -0.2) is 0 Å². The molecule has 0 aliphatic carbocycles. The summed E-state index contributed by atoms with van der Waals surface area (Å²) in [5.41, 5.74) is 2.74. The number of hydrogen-bond donors (Lipinski definition) is 1. The fourth-order valence-corrected chi connectivity index (χ4v) is 2.74. The number of benzene rings is 2. The predicted molar refractivity (Wildman–Crippen MR) is 90.8 cm³/mol. The Morgan fingerprint density at radius 1 is 1.14 bits per heavy atom. The number of halogens is 1. The number of amides is 1. The van der Waals surface area contributed by atoms with Crippen LogP contribution < -0.4 is 10.2 Å². The lowest BCUT2D eigenvalue weighted by Gasteiger charge is -2.17. The highest BCUT2D eigenvalue weighted by Gasteiger charge is 2.13. The maximum Gasteiger partial charge on any atom is 0.251 e. The van der Waals surface area contributed by atoms with Gasteiger partial charge in [-0.05, 0) is 36.8 Å². The highest BCUT2D eigenvalue weighted by molar-refractivity contribution is 9.10. The van der Waals surface area contributed by atoms with Crippen LogP contribution in [-0.2, 0) is 0 Å². The Morgan fingerprint density at radius 2 is 1.86 bits per heavy atom. The fourth-order valence-electron chi connectivity index (χ4n) is 2.11. The summed E-state index contributed by atoms with van der Waals surface area (Å²) in [7, 11) is 3.92. The molecule has 0 radical (unpaired) electrons. The molecule has 0 aliphatic rings. The molecule has 4 heteroatoms. The Hall–Kier alpha value is -1.81. The van der Waals surface area contributed by atoms with E-state index in [4.69, 9.17) is 0 Å². The van der Waals surface area contributed by atoms with E-state index < -0.39 is 0 Å². The van der Waals surface area contributed by atoms with Crippen molar-refractivity contribution >= 4 is 27.5 Å². The number of carbonyl (C=O) groups excluding carboxylic acids is 1. The zero-order chi connectivity index (χ0) is 15.4. The average molecular weight is 347 g/mol. The van der Waals surface area contributed by atoms with Gasteiger partial charge in [0, 0.05) is 29.8 Å². The van der Waals surface area contributed by atoms with Crippen molar-refractivity contribution in [2.75, 3.05) is 19.0 Å². The largest absolute Gasteiger partial charge is 0.378 e. The molecule has 2 aromatic carbocycles. The molecule has 0 bridgehead atoms. The van der Waals surface area contributed by atoms with Crippen LogP contribution in [0, 0.1) is 0 Å². The van der Waals surface area contributed by atoms with Crippen molar-refractivity contribution in [2.24, 2.45) is 0 Å².